The lowest BCUT2D eigenvalue weighted by atomic mass is 9.18. The molecule has 0 unspecified atom stereocenters. The summed E-state index contributed by atoms with van der Waals surface area (Å²) >= 11 is 0. The van der Waals surface area contributed by atoms with Gasteiger partial charge in [0.05, 0.1) is 23.4 Å². The zero-order chi connectivity index (χ0) is 32.6. The normalized spacial score (nSPS) is 60.3. The van der Waals surface area contributed by atoms with Crippen molar-refractivity contribution in [1.82, 2.24) is 0 Å². The van der Waals surface area contributed by atoms with Crippen LogP contribution in [0.2, 0.25) is 0 Å². The molecule has 7 fully saturated rings. The Morgan fingerprint density at radius 2 is 1.43 bits per heavy atom. The maximum Gasteiger partial charge on any atom is 0.138 e. The molecule has 5 nitrogen and oxygen atoms in total. The summed E-state index contributed by atoms with van der Waals surface area (Å²) in [5.41, 5.74) is -3.96. The van der Waals surface area contributed by atoms with Gasteiger partial charge in [-0.1, -0.05) is 73.6 Å². The van der Waals surface area contributed by atoms with Gasteiger partial charge < -0.3 is 20.4 Å². The maximum atomic E-state index is 13.4. The average molecular weight is 609 g/mol. The largest absolute Gasteiger partial charge is 0.393 e. The highest BCUT2D eigenvalue weighted by atomic mass is 16.3. The van der Waals surface area contributed by atoms with E-state index in [1.54, 1.807) is 0 Å². The molecule has 8 aliphatic carbocycles. The van der Waals surface area contributed by atoms with Gasteiger partial charge in [-0.2, -0.15) is 0 Å². The Morgan fingerprint density at radius 1 is 0.795 bits per heavy atom. The number of allylic oxidation sites excluding steroid dienone is 1. The van der Waals surface area contributed by atoms with Crippen molar-refractivity contribution in [2.24, 2.45) is 67.5 Å². The topological polar surface area (TPSA) is 98.0 Å². The van der Waals surface area contributed by atoms with Crippen LogP contribution in [0.25, 0.3) is 0 Å². The molecule has 246 valence electrons. The molecule has 4 N–H and O–H groups in total. The van der Waals surface area contributed by atoms with Crippen molar-refractivity contribution >= 4 is 5.78 Å². The second-order valence-corrected chi connectivity index (χ2v) is 19.5. The molecule has 8 aliphatic rings. The third-order valence-electron chi connectivity index (χ3n) is 17.8. The van der Waals surface area contributed by atoms with Gasteiger partial charge >= 0.3 is 0 Å². The minimum atomic E-state index is -1.40. The van der Waals surface area contributed by atoms with Crippen LogP contribution in [0.1, 0.15) is 121 Å². The van der Waals surface area contributed by atoms with Gasteiger partial charge in [0, 0.05) is 34.0 Å². The van der Waals surface area contributed by atoms with Gasteiger partial charge in [0.2, 0.25) is 0 Å². The minimum absolute atomic E-state index is 0.0855. The summed E-state index contributed by atoms with van der Waals surface area (Å²) in [6.45, 7) is 26.4. The van der Waals surface area contributed by atoms with Crippen LogP contribution in [-0.4, -0.2) is 49.6 Å². The van der Waals surface area contributed by atoms with Crippen molar-refractivity contribution in [3.05, 3.63) is 23.8 Å². The number of hydrogen-bond acceptors (Lipinski definition) is 5. The van der Waals surface area contributed by atoms with E-state index in [-0.39, 0.29) is 51.9 Å². The zero-order valence-electron chi connectivity index (χ0n) is 29.2. The first-order chi connectivity index (χ1) is 20.0. The standard InChI is InChI=1S/C39H60O5/c1-21-20-25-33(6)17-15-26(40)32(4,5)24(33)14-19-39(25)35(8)28-22(12-13-23-31(2,3)27(41)16-18-34(23,28)7)29(36(9,43)30(35)42)37(39,10)38(21,11)44/h20,22-24,26,28-30,40,42-44H,1,12-19H2,2-11H3/t22-,23+,24+,26-,28+,29-,30+,33+,34+,35+,36+,37+,38+,39+/m1/s1. The molecule has 0 amide bonds. The number of fused-ring (bicyclic) bond motifs is 4. The second-order valence-electron chi connectivity index (χ2n) is 19.5. The molecule has 0 saturated heterocycles. The third kappa shape index (κ3) is 2.88. The lowest BCUT2D eigenvalue weighted by Gasteiger charge is -2.86. The number of aliphatic hydroxyl groups excluding tert-OH is 2. The molecule has 0 aromatic carbocycles. The Hall–Kier alpha value is -1.01. The predicted molar refractivity (Wildman–Crippen MR) is 172 cm³/mol. The number of rotatable bonds is 0. The summed E-state index contributed by atoms with van der Waals surface area (Å²) in [6, 6.07) is 0. The lowest BCUT2D eigenvalue weighted by Crippen LogP contribution is -2.88. The van der Waals surface area contributed by atoms with Crippen LogP contribution in [0, 0.1) is 67.5 Å². The average Bonchev–Trinajstić information content (AvgIpc) is 2.91. The highest BCUT2D eigenvalue weighted by Crippen LogP contribution is 2.88. The van der Waals surface area contributed by atoms with Gasteiger partial charge in [-0.15, -0.1) is 0 Å². The first-order valence-corrected chi connectivity index (χ1v) is 17.7. The van der Waals surface area contributed by atoms with Crippen molar-refractivity contribution in [1.29, 1.82) is 0 Å². The first-order valence-electron chi connectivity index (χ1n) is 17.7. The van der Waals surface area contributed by atoms with Gasteiger partial charge in [-0.25, -0.2) is 0 Å². The van der Waals surface area contributed by atoms with Crippen LogP contribution >= 0.6 is 0 Å². The van der Waals surface area contributed by atoms with E-state index in [4.69, 9.17) is 0 Å². The molecule has 0 heterocycles. The van der Waals surface area contributed by atoms with Crippen molar-refractivity contribution in [3.8, 4) is 0 Å². The Kier molecular flexibility index (Phi) is 5.98. The molecule has 0 aliphatic heterocycles. The van der Waals surface area contributed by atoms with Crippen molar-refractivity contribution in [3.63, 3.8) is 0 Å². The molecule has 0 radical (unpaired) electrons. The first kappa shape index (κ1) is 31.6. The van der Waals surface area contributed by atoms with Crippen molar-refractivity contribution < 1.29 is 25.2 Å². The Balaban J connectivity index is 1.56. The summed E-state index contributed by atoms with van der Waals surface area (Å²) in [6.07, 6.45) is 7.31. The third-order valence-corrected chi connectivity index (χ3v) is 17.8. The molecular weight excluding hydrogens is 548 g/mol. The minimum Gasteiger partial charge on any atom is -0.393 e. The van der Waals surface area contributed by atoms with Crippen molar-refractivity contribution in [2.75, 3.05) is 0 Å². The van der Waals surface area contributed by atoms with Crippen LogP contribution in [0.5, 0.6) is 0 Å². The Bertz CT molecular complexity index is 1370. The quantitative estimate of drug-likeness (QED) is 0.248. The summed E-state index contributed by atoms with van der Waals surface area (Å²) in [5, 5.41) is 49.7. The monoisotopic (exact) mass is 608 g/mol. The summed E-state index contributed by atoms with van der Waals surface area (Å²) in [7, 11) is 0. The second kappa shape index (κ2) is 8.34. The SMILES string of the molecule is C=C1C=C2[C@@]3(CC[C@H]4C(C)(C)[C@H](O)CC[C@]24C)[C@]2(C)[C@H](O)[C@@](C)(O)[C@@H]([C@@H]4CC[C@H]5C(C)(C)C(=O)CC[C@]5(C)[C@H]42)[C@@]3(C)[C@@]1(C)O. The highest BCUT2D eigenvalue weighted by Gasteiger charge is 2.88. The van der Waals surface area contributed by atoms with Crippen LogP contribution in [0.4, 0.5) is 0 Å². The van der Waals surface area contributed by atoms with Crippen LogP contribution in [0.15, 0.2) is 23.8 Å². The highest BCUT2D eigenvalue weighted by molar-refractivity contribution is 5.85. The number of ketones is 1. The molecular formula is C39H60O5. The van der Waals surface area contributed by atoms with Crippen LogP contribution in [-0.2, 0) is 4.79 Å². The molecule has 44 heavy (non-hydrogen) atoms. The van der Waals surface area contributed by atoms with E-state index in [1.165, 1.54) is 5.57 Å². The summed E-state index contributed by atoms with van der Waals surface area (Å²) in [4.78, 5) is 13.4. The molecule has 14 atom stereocenters. The molecule has 5 heteroatoms. The van der Waals surface area contributed by atoms with E-state index in [2.05, 4.69) is 68.0 Å². The predicted octanol–water partition coefficient (Wildman–Crippen LogP) is 6.62. The number of carbonyl (C=O) groups excluding carboxylic acids is 1. The van der Waals surface area contributed by atoms with Gasteiger partial charge in [0.25, 0.3) is 0 Å². The fourth-order valence-electron chi connectivity index (χ4n) is 16.0. The van der Waals surface area contributed by atoms with Crippen LogP contribution < -0.4 is 0 Å². The Morgan fingerprint density at radius 3 is 2.07 bits per heavy atom. The number of Topliss-reactive ketones (excluding diaryl/α,β-unsaturated/α-hetero) is 1. The van der Waals surface area contributed by atoms with Crippen LogP contribution in [0.3, 0.4) is 0 Å². The molecule has 0 aromatic rings. The van der Waals surface area contributed by atoms with E-state index >= 15 is 0 Å². The van der Waals surface area contributed by atoms with Gasteiger partial charge in [0.1, 0.15) is 5.78 Å². The van der Waals surface area contributed by atoms with E-state index in [9.17, 15) is 25.2 Å². The van der Waals surface area contributed by atoms with E-state index < -0.39 is 39.0 Å². The summed E-state index contributed by atoms with van der Waals surface area (Å²) in [5.74, 6) is 0.641. The zero-order valence-corrected chi connectivity index (χ0v) is 29.2. The number of aliphatic hydroxyl groups is 4. The molecule has 8 rings (SSSR count). The van der Waals surface area contributed by atoms with Gasteiger partial charge in [-0.05, 0) is 104 Å². The van der Waals surface area contributed by atoms with Crippen molar-refractivity contribution in [2.45, 2.75) is 144 Å². The smallest absolute Gasteiger partial charge is 0.138 e. The van der Waals surface area contributed by atoms with Gasteiger partial charge in [0.15, 0.2) is 0 Å². The molecule has 7 saturated carbocycles. The molecule has 1 spiro atoms. The number of carbonyl (C=O) groups is 1. The van der Waals surface area contributed by atoms with Gasteiger partial charge in [-0.3, -0.25) is 4.79 Å². The van der Waals surface area contributed by atoms with E-state index in [1.807, 2.05) is 13.8 Å². The lowest BCUT2D eigenvalue weighted by molar-refractivity contribution is -0.409. The van der Waals surface area contributed by atoms with E-state index in [0.29, 0.717) is 17.8 Å². The summed E-state index contributed by atoms with van der Waals surface area (Å²) < 4.78 is 0. The van der Waals surface area contributed by atoms with E-state index in [0.717, 1.165) is 44.9 Å². The fourth-order valence-corrected chi connectivity index (χ4v) is 16.0. The maximum absolute atomic E-state index is 13.4. The number of hydrogen-bond donors (Lipinski definition) is 4. The molecule has 0 aromatic heterocycles. The fraction of sp³-hybridized carbons (Fsp3) is 0.872. The molecule has 2 bridgehead atoms. The Labute approximate surface area is 266 Å².